The van der Waals surface area contributed by atoms with Crippen LogP contribution >= 0.6 is 11.8 Å². The minimum atomic E-state index is 0.153. The maximum Gasteiger partial charge on any atom is 0.232 e. The van der Waals surface area contributed by atoms with Crippen molar-refractivity contribution in [1.29, 1.82) is 0 Å². The molecule has 6 heteroatoms. The molecule has 0 aromatic heterocycles. The minimum Gasteiger partial charge on any atom is -0.496 e. The lowest BCUT2D eigenvalue weighted by Crippen LogP contribution is -2.38. The van der Waals surface area contributed by atoms with Crippen LogP contribution < -0.4 is 4.74 Å². The van der Waals surface area contributed by atoms with E-state index in [-0.39, 0.29) is 11.8 Å². The Kier molecular flexibility index (Phi) is 7.43. The van der Waals surface area contributed by atoms with Crippen molar-refractivity contribution in [3.8, 4) is 5.75 Å². The highest BCUT2D eigenvalue weighted by Gasteiger charge is 2.21. The quantitative estimate of drug-likeness (QED) is 0.788. The summed E-state index contributed by atoms with van der Waals surface area (Å²) in [6.07, 6.45) is 3.93. The second kappa shape index (κ2) is 9.57. The normalized spacial score (nSPS) is 15.1. The summed E-state index contributed by atoms with van der Waals surface area (Å²) in [5, 5.41) is 0. The Morgan fingerprint density at radius 2 is 1.75 bits per heavy atom. The molecule has 5 nitrogen and oxygen atoms in total. The van der Waals surface area contributed by atoms with Crippen molar-refractivity contribution in [3.05, 3.63) is 29.8 Å². The lowest BCUT2D eigenvalue weighted by molar-refractivity contribution is -0.132. The molecule has 132 valence electrons. The predicted molar refractivity (Wildman–Crippen MR) is 97.5 cm³/mol. The maximum absolute atomic E-state index is 12.5. The summed E-state index contributed by atoms with van der Waals surface area (Å²) in [5.41, 5.74) is 1.06. The van der Waals surface area contributed by atoms with E-state index in [1.807, 2.05) is 40.3 Å². The van der Waals surface area contributed by atoms with Gasteiger partial charge in [0.1, 0.15) is 5.75 Å². The molecule has 1 aromatic carbocycles. The number of thioether (sulfide) groups is 1. The molecule has 0 radical (unpaired) electrons. The van der Waals surface area contributed by atoms with E-state index in [2.05, 4.69) is 0 Å². The van der Waals surface area contributed by atoms with Crippen LogP contribution in [-0.2, 0) is 16.0 Å². The number of amides is 2. The Labute approximate surface area is 148 Å². The smallest absolute Gasteiger partial charge is 0.232 e. The van der Waals surface area contributed by atoms with Crippen LogP contribution in [0.3, 0.4) is 0 Å². The van der Waals surface area contributed by atoms with Crippen molar-refractivity contribution >= 4 is 23.6 Å². The number of hydrogen-bond donors (Lipinski definition) is 0. The first kappa shape index (κ1) is 18.6. The van der Waals surface area contributed by atoms with Gasteiger partial charge in [-0.25, -0.2) is 0 Å². The standard InChI is InChI=1S/C18H26N2O3S/c1-23-16-7-4-3-6-15(16)8-9-17(21)19-10-5-11-20(13-12-19)18(22)14-24-2/h3-4,6-7H,5,8-14H2,1-2H3. The average molecular weight is 350 g/mol. The van der Waals surface area contributed by atoms with Gasteiger partial charge in [-0.05, 0) is 30.7 Å². The Morgan fingerprint density at radius 1 is 1.08 bits per heavy atom. The Bertz CT molecular complexity index is 565. The van der Waals surface area contributed by atoms with E-state index in [0.717, 1.165) is 30.8 Å². The second-order valence-corrected chi connectivity index (χ2v) is 6.73. The van der Waals surface area contributed by atoms with Crippen LogP contribution in [0.2, 0.25) is 0 Å². The molecule has 0 bridgehead atoms. The van der Waals surface area contributed by atoms with Gasteiger partial charge >= 0.3 is 0 Å². The molecule has 1 aliphatic heterocycles. The van der Waals surface area contributed by atoms with Crippen LogP contribution in [0, 0.1) is 0 Å². The average Bonchev–Trinajstić information content (AvgIpc) is 2.86. The first-order valence-electron chi connectivity index (χ1n) is 8.32. The van der Waals surface area contributed by atoms with Crippen molar-refractivity contribution in [2.45, 2.75) is 19.3 Å². The summed E-state index contributed by atoms with van der Waals surface area (Å²) < 4.78 is 5.34. The monoisotopic (exact) mass is 350 g/mol. The third-order valence-electron chi connectivity index (χ3n) is 4.27. The molecule has 1 aliphatic rings. The zero-order chi connectivity index (χ0) is 17.4. The molecule has 1 saturated heterocycles. The van der Waals surface area contributed by atoms with Gasteiger partial charge < -0.3 is 14.5 Å². The van der Waals surface area contributed by atoms with E-state index in [1.54, 1.807) is 18.9 Å². The number of methoxy groups -OCH3 is 1. The topological polar surface area (TPSA) is 49.9 Å². The fourth-order valence-electron chi connectivity index (χ4n) is 2.94. The Balaban J connectivity index is 1.85. The van der Waals surface area contributed by atoms with Gasteiger partial charge in [-0.2, -0.15) is 11.8 Å². The molecule has 0 saturated carbocycles. The van der Waals surface area contributed by atoms with E-state index in [1.165, 1.54) is 0 Å². The molecule has 1 heterocycles. The third-order valence-corrected chi connectivity index (χ3v) is 4.81. The number of carbonyl (C=O) groups is 2. The van der Waals surface area contributed by atoms with E-state index in [0.29, 0.717) is 31.7 Å². The number of carbonyl (C=O) groups excluding carboxylic acids is 2. The third kappa shape index (κ3) is 5.16. The van der Waals surface area contributed by atoms with E-state index < -0.39 is 0 Å². The summed E-state index contributed by atoms with van der Waals surface area (Å²) in [4.78, 5) is 28.3. The zero-order valence-electron chi connectivity index (χ0n) is 14.5. The molecule has 24 heavy (non-hydrogen) atoms. The first-order chi connectivity index (χ1) is 11.7. The van der Waals surface area contributed by atoms with Gasteiger partial charge in [0.2, 0.25) is 11.8 Å². The highest BCUT2D eigenvalue weighted by atomic mass is 32.2. The molecular weight excluding hydrogens is 324 g/mol. The highest BCUT2D eigenvalue weighted by Crippen LogP contribution is 2.19. The molecule has 1 aromatic rings. The fraction of sp³-hybridized carbons (Fsp3) is 0.556. The zero-order valence-corrected chi connectivity index (χ0v) is 15.3. The van der Waals surface area contributed by atoms with Crippen LogP contribution in [0.1, 0.15) is 18.4 Å². The number of ether oxygens (including phenoxy) is 1. The number of para-hydroxylation sites is 1. The second-order valence-electron chi connectivity index (χ2n) is 5.86. The number of hydrogen-bond acceptors (Lipinski definition) is 4. The van der Waals surface area contributed by atoms with Crippen molar-refractivity contribution in [2.24, 2.45) is 0 Å². The fourth-order valence-corrected chi connectivity index (χ4v) is 3.37. The summed E-state index contributed by atoms with van der Waals surface area (Å²) in [6, 6.07) is 7.81. The van der Waals surface area contributed by atoms with Crippen molar-refractivity contribution < 1.29 is 14.3 Å². The number of benzene rings is 1. The van der Waals surface area contributed by atoms with Gasteiger partial charge in [0.25, 0.3) is 0 Å². The Morgan fingerprint density at radius 3 is 2.42 bits per heavy atom. The van der Waals surface area contributed by atoms with Gasteiger partial charge in [0, 0.05) is 32.6 Å². The summed E-state index contributed by atoms with van der Waals surface area (Å²) in [6.45, 7) is 2.74. The summed E-state index contributed by atoms with van der Waals surface area (Å²) >= 11 is 1.54. The predicted octanol–water partition coefficient (Wildman–Crippen LogP) is 2.05. The minimum absolute atomic E-state index is 0.153. The first-order valence-corrected chi connectivity index (χ1v) is 9.71. The van der Waals surface area contributed by atoms with Crippen molar-refractivity contribution in [3.63, 3.8) is 0 Å². The molecule has 0 atom stereocenters. The van der Waals surface area contributed by atoms with Gasteiger partial charge in [0.15, 0.2) is 0 Å². The van der Waals surface area contributed by atoms with E-state index in [4.69, 9.17) is 4.74 Å². The molecule has 2 amide bonds. The number of aryl methyl sites for hydroxylation is 1. The molecular formula is C18H26N2O3S. The lowest BCUT2D eigenvalue weighted by Gasteiger charge is -2.22. The molecule has 0 aliphatic carbocycles. The summed E-state index contributed by atoms with van der Waals surface area (Å²) in [5.74, 6) is 1.67. The van der Waals surface area contributed by atoms with Gasteiger partial charge in [-0.3, -0.25) is 9.59 Å². The molecule has 0 unspecified atom stereocenters. The van der Waals surface area contributed by atoms with Crippen LogP contribution in [0.5, 0.6) is 5.75 Å². The number of nitrogens with zero attached hydrogens (tertiary/aromatic N) is 2. The number of rotatable bonds is 6. The van der Waals surface area contributed by atoms with Crippen LogP contribution in [0.15, 0.2) is 24.3 Å². The van der Waals surface area contributed by atoms with Crippen LogP contribution in [-0.4, -0.2) is 66.9 Å². The van der Waals surface area contributed by atoms with Crippen molar-refractivity contribution in [2.75, 3.05) is 45.3 Å². The van der Waals surface area contributed by atoms with Gasteiger partial charge in [0.05, 0.1) is 12.9 Å². The summed E-state index contributed by atoms with van der Waals surface area (Å²) in [7, 11) is 1.65. The van der Waals surface area contributed by atoms with Crippen LogP contribution in [0.25, 0.3) is 0 Å². The highest BCUT2D eigenvalue weighted by molar-refractivity contribution is 7.99. The molecule has 2 rings (SSSR count). The Hall–Kier alpha value is -1.69. The van der Waals surface area contributed by atoms with Crippen molar-refractivity contribution in [1.82, 2.24) is 9.80 Å². The van der Waals surface area contributed by atoms with Crippen LogP contribution in [0.4, 0.5) is 0 Å². The molecule has 0 N–H and O–H groups in total. The van der Waals surface area contributed by atoms with Gasteiger partial charge in [-0.15, -0.1) is 0 Å². The molecule has 1 fully saturated rings. The van der Waals surface area contributed by atoms with Gasteiger partial charge in [-0.1, -0.05) is 18.2 Å². The maximum atomic E-state index is 12.5. The largest absolute Gasteiger partial charge is 0.496 e. The SMILES string of the molecule is COc1ccccc1CCC(=O)N1CCCN(C(=O)CSC)CC1. The molecule has 0 spiro atoms. The van der Waals surface area contributed by atoms with E-state index in [9.17, 15) is 9.59 Å². The lowest BCUT2D eigenvalue weighted by atomic mass is 10.1. The van der Waals surface area contributed by atoms with E-state index >= 15 is 0 Å².